The number of nitrogens with zero attached hydrogens (tertiary/aromatic N) is 1. The van der Waals surface area contributed by atoms with Crippen molar-refractivity contribution >= 4 is 47.3 Å². The first-order valence-electron chi connectivity index (χ1n) is 9.79. The maximum absolute atomic E-state index is 11.7. The van der Waals surface area contributed by atoms with E-state index in [2.05, 4.69) is 15.9 Å². The highest BCUT2D eigenvalue weighted by molar-refractivity contribution is 9.10. The monoisotopic (exact) mass is 531 g/mol. The second-order valence-electron chi connectivity index (χ2n) is 7.02. The van der Waals surface area contributed by atoms with Crippen LogP contribution in [0.25, 0.3) is 0 Å². The van der Waals surface area contributed by atoms with E-state index in [4.69, 9.17) is 5.11 Å². The molecule has 1 fully saturated rings. The predicted molar refractivity (Wildman–Crippen MR) is 124 cm³/mol. The number of hydrogen-bond donors (Lipinski definition) is 1. The number of halogens is 1. The minimum Gasteiger partial charge on any atom is -0.481 e. The molecule has 1 atom stereocenters. The average molecular weight is 532 g/mol. The molecule has 10 heteroatoms. The highest BCUT2D eigenvalue weighted by Crippen LogP contribution is 2.25. The van der Waals surface area contributed by atoms with E-state index in [1.807, 2.05) is 4.90 Å². The molecule has 170 valence electrons. The molecular formula is C21H26BrNO6S2. The third-order valence-electron chi connectivity index (χ3n) is 5.03. The van der Waals surface area contributed by atoms with Crippen molar-refractivity contribution in [2.45, 2.75) is 30.1 Å². The maximum Gasteiger partial charge on any atom is 0.308 e. The van der Waals surface area contributed by atoms with Crippen LogP contribution < -0.4 is 4.90 Å². The van der Waals surface area contributed by atoms with Crippen molar-refractivity contribution in [3.05, 3.63) is 53.0 Å². The Labute approximate surface area is 192 Å². The molecule has 1 unspecified atom stereocenters. The van der Waals surface area contributed by atoms with Gasteiger partial charge in [0.15, 0.2) is 19.7 Å². The van der Waals surface area contributed by atoms with Gasteiger partial charge in [0.05, 0.1) is 27.2 Å². The number of carbonyl (C=O) groups is 1. The van der Waals surface area contributed by atoms with Crippen LogP contribution in [0.3, 0.4) is 0 Å². The van der Waals surface area contributed by atoms with E-state index in [-0.39, 0.29) is 17.4 Å². The Morgan fingerprint density at radius 1 is 0.935 bits per heavy atom. The third-order valence-corrected chi connectivity index (χ3v) is 9.06. The van der Waals surface area contributed by atoms with Gasteiger partial charge < -0.3 is 10.0 Å². The van der Waals surface area contributed by atoms with Gasteiger partial charge in [0.2, 0.25) is 0 Å². The quantitative estimate of drug-likeness (QED) is 0.605. The Kier molecular flexibility index (Phi) is 8.67. The fraction of sp³-hybridized carbons (Fsp3) is 0.381. The topological polar surface area (TPSA) is 109 Å². The predicted octanol–water partition coefficient (Wildman–Crippen LogP) is 3.63. The molecule has 0 amide bonds. The number of hydrogen-bond acceptors (Lipinski definition) is 6. The van der Waals surface area contributed by atoms with Gasteiger partial charge in [-0.05, 0) is 55.0 Å². The van der Waals surface area contributed by atoms with Crippen LogP contribution in [-0.2, 0) is 24.5 Å². The number of carboxylic acids is 1. The SMILES string of the molecule is CCS(=O)(=O)c1ccc(Br)cc1.CCS(=O)(=O)c1ccc(N2CCC(C(=O)O)C2)cc1. The van der Waals surface area contributed by atoms with E-state index in [1.165, 1.54) is 0 Å². The third kappa shape index (κ3) is 6.78. The van der Waals surface area contributed by atoms with Crippen molar-refractivity contribution in [3.8, 4) is 0 Å². The molecular weight excluding hydrogens is 506 g/mol. The Morgan fingerprint density at radius 2 is 1.39 bits per heavy atom. The Morgan fingerprint density at radius 3 is 1.77 bits per heavy atom. The maximum atomic E-state index is 11.7. The summed E-state index contributed by atoms with van der Waals surface area (Å²) >= 11 is 3.24. The summed E-state index contributed by atoms with van der Waals surface area (Å²) in [6.07, 6.45) is 0.629. The van der Waals surface area contributed by atoms with Gasteiger partial charge in [0, 0.05) is 23.2 Å². The van der Waals surface area contributed by atoms with Gasteiger partial charge in [0.1, 0.15) is 0 Å². The summed E-state index contributed by atoms with van der Waals surface area (Å²) in [5.41, 5.74) is 0.874. The zero-order chi connectivity index (χ0) is 23.2. The zero-order valence-corrected chi connectivity index (χ0v) is 20.6. The molecule has 0 spiro atoms. The number of aliphatic carboxylic acids is 1. The molecule has 0 aromatic heterocycles. The number of carboxylic acid groups (broad SMARTS) is 1. The van der Waals surface area contributed by atoms with Gasteiger partial charge in [-0.1, -0.05) is 29.8 Å². The van der Waals surface area contributed by atoms with Crippen LogP contribution in [0.2, 0.25) is 0 Å². The normalized spacial score (nSPS) is 16.5. The van der Waals surface area contributed by atoms with Crippen molar-refractivity contribution in [1.29, 1.82) is 0 Å². The van der Waals surface area contributed by atoms with E-state index >= 15 is 0 Å². The van der Waals surface area contributed by atoms with Gasteiger partial charge in [-0.15, -0.1) is 0 Å². The van der Waals surface area contributed by atoms with Crippen LogP contribution in [0.4, 0.5) is 5.69 Å². The van der Waals surface area contributed by atoms with E-state index in [0.717, 1.165) is 10.2 Å². The number of sulfone groups is 2. The smallest absolute Gasteiger partial charge is 0.308 e. The van der Waals surface area contributed by atoms with Gasteiger partial charge in [-0.2, -0.15) is 0 Å². The van der Waals surface area contributed by atoms with Crippen LogP contribution in [0.1, 0.15) is 20.3 Å². The first kappa shape index (κ1) is 25.4. The van der Waals surface area contributed by atoms with Crippen molar-refractivity contribution in [3.63, 3.8) is 0 Å². The molecule has 2 aromatic carbocycles. The summed E-state index contributed by atoms with van der Waals surface area (Å²) in [5, 5.41) is 8.95. The Bertz CT molecular complexity index is 1100. The van der Waals surface area contributed by atoms with Gasteiger partial charge >= 0.3 is 5.97 Å². The molecule has 1 N–H and O–H groups in total. The molecule has 1 heterocycles. The second-order valence-corrected chi connectivity index (χ2v) is 12.5. The van der Waals surface area contributed by atoms with Crippen LogP contribution >= 0.6 is 15.9 Å². The fourth-order valence-corrected chi connectivity index (χ4v) is 5.07. The summed E-state index contributed by atoms with van der Waals surface area (Å²) in [6.45, 7) is 4.42. The largest absolute Gasteiger partial charge is 0.481 e. The highest BCUT2D eigenvalue weighted by Gasteiger charge is 2.28. The highest BCUT2D eigenvalue weighted by atomic mass is 79.9. The van der Waals surface area contributed by atoms with Crippen molar-refractivity contribution < 1.29 is 26.7 Å². The van der Waals surface area contributed by atoms with Crippen molar-refractivity contribution in [1.82, 2.24) is 0 Å². The van der Waals surface area contributed by atoms with Crippen LogP contribution in [0, 0.1) is 5.92 Å². The van der Waals surface area contributed by atoms with Crippen LogP contribution in [-0.4, -0.2) is 52.5 Å². The molecule has 0 saturated carbocycles. The van der Waals surface area contributed by atoms with Crippen LogP contribution in [0.15, 0.2) is 62.8 Å². The van der Waals surface area contributed by atoms with Gasteiger partial charge in [0.25, 0.3) is 0 Å². The minimum atomic E-state index is -3.18. The number of benzene rings is 2. The van der Waals surface area contributed by atoms with Crippen molar-refractivity contribution in [2.75, 3.05) is 29.5 Å². The summed E-state index contributed by atoms with van der Waals surface area (Å²) in [4.78, 5) is 13.6. The molecule has 1 aliphatic heterocycles. The average Bonchev–Trinajstić information content (AvgIpc) is 3.25. The van der Waals surface area contributed by atoms with E-state index in [1.54, 1.807) is 62.4 Å². The van der Waals surface area contributed by atoms with Gasteiger partial charge in [-0.25, -0.2) is 16.8 Å². The summed E-state index contributed by atoms with van der Waals surface area (Å²) < 4.78 is 46.8. The Balaban J connectivity index is 0.000000245. The van der Waals surface area contributed by atoms with E-state index < -0.39 is 25.6 Å². The summed E-state index contributed by atoms with van der Waals surface area (Å²) in [7, 11) is -6.21. The molecule has 7 nitrogen and oxygen atoms in total. The molecule has 1 aliphatic rings. The van der Waals surface area contributed by atoms with Crippen LogP contribution in [0.5, 0.6) is 0 Å². The number of rotatable bonds is 6. The second kappa shape index (κ2) is 10.6. The standard InChI is InChI=1S/C13H17NO4S.C8H9BrO2S/c1-2-19(17,18)12-5-3-11(4-6-12)14-8-7-10(9-14)13(15)16;1-2-12(10,11)8-5-3-7(9)4-6-8/h3-6,10H,2,7-9H2,1H3,(H,15,16);3-6H,2H2,1H3. The lowest BCUT2D eigenvalue weighted by Crippen LogP contribution is -2.22. The van der Waals surface area contributed by atoms with E-state index in [9.17, 15) is 21.6 Å². The lowest BCUT2D eigenvalue weighted by molar-refractivity contribution is -0.140. The molecule has 0 bridgehead atoms. The first-order chi connectivity index (χ1) is 14.5. The minimum absolute atomic E-state index is 0.0805. The molecule has 0 radical (unpaired) electrons. The summed E-state index contributed by atoms with van der Waals surface area (Å²) in [5.74, 6) is -0.877. The number of anilines is 1. The molecule has 3 rings (SSSR count). The van der Waals surface area contributed by atoms with E-state index in [0.29, 0.717) is 29.3 Å². The van der Waals surface area contributed by atoms with Crippen molar-refractivity contribution in [2.24, 2.45) is 5.92 Å². The molecule has 0 aliphatic carbocycles. The zero-order valence-electron chi connectivity index (χ0n) is 17.4. The lowest BCUT2D eigenvalue weighted by atomic mass is 10.1. The fourth-order valence-electron chi connectivity index (χ4n) is 3.04. The van der Waals surface area contributed by atoms with Gasteiger partial charge in [-0.3, -0.25) is 4.79 Å². The molecule has 31 heavy (non-hydrogen) atoms. The lowest BCUT2D eigenvalue weighted by Gasteiger charge is -2.18. The molecule has 1 saturated heterocycles. The first-order valence-corrected chi connectivity index (χ1v) is 13.9. The summed E-state index contributed by atoms with van der Waals surface area (Å²) in [6, 6.07) is 13.3. The molecule has 2 aromatic rings. The Hall–Kier alpha value is -1.91.